The molecule has 4 amide bonds. The number of carbonyl (C=O) groups is 5. The lowest BCUT2D eigenvalue weighted by molar-refractivity contribution is -0.143. The number of primary amides is 1. The molecule has 5 unspecified atom stereocenters. The van der Waals surface area contributed by atoms with Crippen LogP contribution in [-0.2, 0) is 30.4 Å². The monoisotopic (exact) mass is 465 g/mol. The molecular weight excluding hydrogens is 434 g/mol. The number of aliphatic hydroxyl groups is 1. The van der Waals surface area contributed by atoms with E-state index in [9.17, 15) is 34.2 Å². The molecule has 0 bridgehead atoms. The van der Waals surface area contributed by atoms with Crippen molar-refractivity contribution < 1.29 is 34.2 Å². The van der Waals surface area contributed by atoms with E-state index in [1.165, 1.54) is 13.8 Å². The molecular formula is C21H31N5O7. The van der Waals surface area contributed by atoms with E-state index in [1.54, 1.807) is 30.3 Å². The summed E-state index contributed by atoms with van der Waals surface area (Å²) in [5.41, 5.74) is 11.3. The second kappa shape index (κ2) is 13.1. The van der Waals surface area contributed by atoms with E-state index < -0.39 is 59.9 Å². The fraction of sp³-hybridized carbons (Fsp3) is 0.476. The number of aliphatic carboxylic acids is 1. The zero-order valence-electron chi connectivity index (χ0n) is 18.5. The minimum absolute atomic E-state index is 0.0790. The van der Waals surface area contributed by atoms with E-state index >= 15 is 0 Å². The maximum absolute atomic E-state index is 12.9. The highest BCUT2D eigenvalue weighted by molar-refractivity contribution is 5.94. The Balaban J connectivity index is 3.00. The maximum atomic E-state index is 12.9. The first-order valence-electron chi connectivity index (χ1n) is 10.3. The molecule has 12 heteroatoms. The summed E-state index contributed by atoms with van der Waals surface area (Å²) >= 11 is 0. The molecule has 0 aliphatic rings. The Morgan fingerprint density at radius 1 is 0.909 bits per heavy atom. The lowest BCUT2D eigenvalue weighted by Crippen LogP contribution is -2.60. The standard InChI is InChI=1S/C21H31N5O7/c1-11(22)18(29)25-15(10-13-6-4-3-5-7-13)19(30)26-17(12(2)27)20(31)24-14(21(32)33)8-9-16(23)28/h3-7,11-12,14-15,17,27H,8-10,22H2,1-2H3,(H2,23,28)(H,24,31)(H,25,29)(H,26,30)(H,32,33). The molecule has 1 rings (SSSR count). The number of benzene rings is 1. The molecule has 0 saturated heterocycles. The molecule has 0 heterocycles. The van der Waals surface area contributed by atoms with Crippen LogP contribution in [-0.4, -0.2) is 70.1 Å². The Bertz CT molecular complexity index is 845. The molecule has 5 atom stereocenters. The van der Waals surface area contributed by atoms with Gasteiger partial charge >= 0.3 is 5.97 Å². The van der Waals surface area contributed by atoms with Crippen LogP contribution < -0.4 is 27.4 Å². The summed E-state index contributed by atoms with van der Waals surface area (Å²) in [6.45, 7) is 2.67. The van der Waals surface area contributed by atoms with E-state index in [-0.39, 0.29) is 19.3 Å². The largest absolute Gasteiger partial charge is 0.480 e. The van der Waals surface area contributed by atoms with Crippen molar-refractivity contribution in [2.45, 2.75) is 63.4 Å². The Morgan fingerprint density at radius 2 is 1.48 bits per heavy atom. The predicted octanol–water partition coefficient (Wildman–Crippen LogP) is -2.24. The lowest BCUT2D eigenvalue weighted by atomic mass is 10.0. The van der Waals surface area contributed by atoms with Gasteiger partial charge in [0.15, 0.2) is 0 Å². The topological polar surface area (TPSA) is 214 Å². The molecule has 0 saturated carbocycles. The van der Waals surface area contributed by atoms with Gasteiger partial charge in [0.2, 0.25) is 23.6 Å². The van der Waals surface area contributed by atoms with Gasteiger partial charge in [-0.15, -0.1) is 0 Å². The van der Waals surface area contributed by atoms with Crippen LogP contribution in [0.5, 0.6) is 0 Å². The third kappa shape index (κ3) is 9.66. The van der Waals surface area contributed by atoms with E-state index in [0.717, 1.165) is 5.56 Å². The highest BCUT2D eigenvalue weighted by Crippen LogP contribution is 2.06. The van der Waals surface area contributed by atoms with Gasteiger partial charge in [-0.3, -0.25) is 19.2 Å². The van der Waals surface area contributed by atoms with Crippen LogP contribution in [0.4, 0.5) is 0 Å². The number of aliphatic hydroxyl groups excluding tert-OH is 1. The maximum Gasteiger partial charge on any atom is 0.326 e. The summed E-state index contributed by atoms with van der Waals surface area (Å²) in [4.78, 5) is 60.0. The molecule has 12 nitrogen and oxygen atoms in total. The molecule has 0 radical (unpaired) electrons. The fourth-order valence-corrected chi connectivity index (χ4v) is 2.83. The van der Waals surface area contributed by atoms with Crippen molar-refractivity contribution >= 4 is 29.6 Å². The van der Waals surface area contributed by atoms with Crippen LogP contribution in [0.2, 0.25) is 0 Å². The first kappa shape index (κ1) is 27.5. The van der Waals surface area contributed by atoms with E-state index in [0.29, 0.717) is 0 Å². The summed E-state index contributed by atoms with van der Waals surface area (Å²) < 4.78 is 0. The Morgan fingerprint density at radius 3 is 1.97 bits per heavy atom. The number of nitrogens with two attached hydrogens (primary N) is 2. The number of carboxylic acids is 1. The molecule has 1 aromatic rings. The van der Waals surface area contributed by atoms with Crippen molar-refractivity contribution in [1.29, 1.82) is 0 Å². The van der Waals surface area contributed by atoms with Crippen molar-refractivity contribution in [2.75, 3.05) is 0 Å². The molecule has 0 aliphatic carbocycles. The van der Waals surface area contributed by atoms with Gasteiger partial charge in [-0.05, 0) is 25.8 Å². The van der Waals surface area contributed by atoms with Gasteiger partial charge in [0.25, 0.3) is 0 Å². The SMILES string of the molecule is CC(N)C(=O)NC(Cc1ccccc1)C(=O)NC(C(=O)NC(CCC(N)=O)C(=O)O)C(C)O. The Hall–Kier alpha value is -3.51. The predicted molar refractivity (Wildman–Crippen MR) is 117 cm³/mol. The molecule has 0 fully saturated rings. The number of carbonyl (C=O) groups excluding carboxylic acids is 4. The second-order valence-electron chi connectivity index (χ2n) is 7.67. The third-order valence-corrected chi connectivity index (χ3v) is 4.69. The zero-order valence-corrected chi connectivity index (χ0v) is 18.5. The van der Waals surface area contributed by atoms with Crippen molar-refractivity contribution in [2.24, 2.45) is 11.5 Å². The zero-order chi connectivity index (χ0) is 25.1. The first-order chi connectivity index (χ1) is 15.4. The number of hydrogen-bond acceptors (Lipinski definition) is 7. The minimum Gasteiger partial charge on any atom is -0.480 e. The van der Waals surface area contributed by atoms with Gasteiger partial charge in [-0.2, -0.15) is 0 Å². The highest BCUT2D eigenvalue weighted by Gasteiger charge is 2.32. The highest BCUT2D eigenvalue weighted by atomic mass is 16.4. The van der Waals surface area contributed by atoms with Crippen LogP contribution in [0.25, 0.3) is 0 Å². The first-order valence-corrected chi connectivity index (χ1v) is 10.3. The summed E-state index contributed by atoms with van der Waals surface area (Å²) in [7, 11) is 0. The summed E-state index contributed by atoms with van der Waals surface area (Å²) in [6, 6.07) is 3.77. The second-order valence-corrected chi connectivity index (χ2v) is 7.67. The molecule has 0 aromatic heterocycles. The molecule has 9 N–H and O–H groups in total. The molecule has 33 heavy (non-hydrogen) atoms. The number of nitrogens with one attached hydrogen (secondary N) is 3. The van der Waals surface area contributed by atoms with Crippen LogP contribution in [0.15, 0.2) is 30.3 Å². The minimum atomic E-state index is -1.53. The summed E-state index contributed by atoms with van der Waals surface area (Å²) in [6.07, 6.45) is -1.88. The van der Waals surface area contributed by atoms with E-state index in [4.69, 9.17) is 11.5 Å². The van der Waals surface area contributed by atoms with Gasteiger partial charge in [0, 0.05) is 12.8 Å². The molecule has 182 valence electrons. The average Bonchev–Trinajstić information content (AvgIpc) is 2.74. The van der Waals surface area contributed by atoms with Gasteiger partial charge in [0.1, 0.15) is 18.1 Å². The van der Waals surface area contributed by atoms with Crippen molar-refractivity contribution in [3.8, 4) is 0 Å². The summed E-state index contributed by atoms with van der Waals surface area (Å²) in [5, 5.41) is 26.3. The fourth-order valence-electron chi connectivity index (χ4n) is 2.83. The summed E-state index contributed by atoms with van der Waals surface area (Å²) in [5.74, 6) is -4.51. The smallest absolute Gasteiger partial charge is 0.326 e. The van der Waals surface area contributed by atoms with Crippen molar-refractivity contribution in [1.82, 2.24) is 16.0 Å². The molecule has 0 spiro atoms. The van der Waals surface area contributed by atoms with Gasteiger partial charge in [0.05, 0.1) is 12.1 Å². The number of carboxylic acid groups (broad SMARTS) is 1. The Kier molecular flexibility index (Phi) is 11.0. The number of rotatable bonds is 13. The van der Waals surface area contributed by atoms with Gasteiger partial charge in [-0.25, -0.2) is 4.79 Å². The van der Waals surface area contributed by atoms with Crippen LogP contribution in [0.1, 0.15) is 32.3 Å². The number of hydrogen-bond donors (Lipinski definition) is 7. The van der Waals surface area contributed by atoms with Gasteiger partial charge < -0.3 is 37.6 Å². The van der Waals surface area contributed by atoms with Crippen molar-refractivity contribution in [3.05, 3.63) is 35.9 Å². The van der Waals surface area contributed by atoms with Crippen LogP contribution in [0, 0.1) is 0 Å². The van der Waals surface area contributed by atoms with E-state index in [1.807, 2.05) is 0 Å². The van der Waals surface area contributed by atoms with Crippen LogP contribution in [0.3, 0.4) is 0 Å². The number of amides is 4. The van der Waals surface area contributed by atoms with E-state index in [2.05, 4.69) is 16.0 Å². The Labute approximate surface area is 191 Å². The lowest BCUT2D eigenvalue weighted by Gasteiger charge is -2.26. The molecule has 0 aliphatic heterocycles. The van der Waals surface area contributed by atoms with Gasteiger partial charge in [-0.1, -0.05) is 30.3 Å². The van der Waals surface area contributed by atoms with Crippen LogP contribution >= 0.6 is 0 Å². The average molecular weight is 466 g/mol. The van der Waals surface area contributed by atoms with Crippen molar-refractivity contribution in [3.63, 3.8) is 0 Å². The third-order valence-electron chi connectivity index (χ3n) is 4.69. The quantitative estimate of drug-likeness (QED) is 0.169. The normalized spacial score (nSPS) is 15.3. The molecule has 1 aromatic carbocycles.